The van der Waals surface area contributed by atoms with Crippen LogP contribution < -0.4 is 5.32 Å². The number of carbonyl (C=O) groups excluding carboxylic acids is 1. The molecular formula is C20H24ClN3O. The molecule has 2 aromatic rings. The van der Waals surface area contributed by atoms with Crippen LogP contribution in [0.5, 0.6) is 0 Å². The van der Waals surface area contributed by atoms with Crippen LogP contribution in [-0.4, -0.2) is 35.4 Å². The fourth-order valence-electron chi connectivity index (χ4n) is 3.11. The third kappa shape index (κ3) is 5.20. The van der Waals surface area contributed by atoms with E-state index in [-0.39, 0.29) is 5.91 Å². The molecule has 0 saturated carbocycles. The number of halogens is 1. The van der Waals surface area contributed by atoms with Crippen molar-refractivity contribution in [2.75, 3.05) is 25.0 Å². The molecule has 1 N–H and O–H groups in total. The molecule has 25 heavy (non-hydrogen) atoms. The van der Waals surface area contributed by atoms with Crippen molar-refractivity contribution in [3.05, 3.63) is 58.7 Å². The molecule has 1 aromatic carbocycles. The van der Waals surface area contributed by atoms with Gasteiger partial charge in [0.1, 0.15) is 5.82 Å². The minimum absolute atomic E-state index is 0.0971. The van der Waals surface area contributed by atoms with Crippen molar-refractivity contribution in [2.24, 2.45) is 0 Å². The van der Waals surface area contributed by atoms with Gasteiger partial charge in [-0.15, -0.1) is 0 Å². The topological polar surface area (TPSA) is 45.2 Å². The van der Waals surface area contributed by atoms with E-state index in [9.17, 15) is 4.79 Å². The highest BCUT2D eigenvalue weighted by atomic mass is 35.5. The molecule has 0 aliphatic carbocycles. The Morgan fingerprint density at radius 3 is 2.60 bits per heavy atom. The van der Waals surface area contributed by atoms with Gasteiger partial charge in [-0.1, -0.05) is 36.6 Å². The summed E-state index contributed by atoms with van der Waals surface area (Å²) in [5.41, 5.74) is 1.86. The summed E-state index contributed by atoms with van der Waals surface area (Å²) >= 11 is 5.99. The molecule has 0 bridgehead atoms. The fraction of sp³-hybridized carbons (Fsp3) is 0.400. The predicted molar refractivity (Wildman–Crippen MR) is 102 cm³/mol. The number of anilines is 1. The first-order valence-corrected chi connectivity index (χ1v) is 9.34. The molecule has 132 valence electrons. The Morgan fingerprint density at radius 1 is 1.12 bits per heavy atom. The summed E-state index contributed by atoms with van der Waals surface area (Å²) in [4.78, 5) is 18.9. The van der Waals surface area contributed by atoms with Crippen molar-refractivity contribution >= 4 is 23.3 Å². The number of rotatable bonds is 5. The van der Waals surface area contributed by atoms with E-state index < -0.39 is 0 Å². The summed E-state index contributed by atoms with van der Waals surface area (Å²) in [5, 5.41) is 4.05. The van der Waals surface area contributed by atoms with Crippen molar-refractivity contribution in [1.29, 1.82) is 0 Å². The summed E-state index contributed by atoms with van der Waals surface area (Å²) in [5.74, 6) is 0.884. The zero-order valence-electron chi connectivity index (χ0n) is 14.4. The van der Waals surface area contributed by atoms with E-state index in [1.807, 2.05) is 35.2 Å². The summed E-state index contributed by atoms with van der Waals surface area (Å²) in [6.07, 6.45) is 7.19. The fourth-order valence-corrected chi connectivity index (χ4v) is 3.32. The number of aromatic nitrogens is 1. The van der Waals surface area contributed by atoms with Crippen molar-refractivity contribution in [3.63, 3.8) is 0 Å². The van der Waals surface area contributed by atoms with Crippen LogP contribution in [0.25, 0.3) is 0 Å². The number of amides is 1. The Kier molecular flexibility index (Phi) is 6.29. The number of hydrogen-bond donors (Lipinski definition) is 1. The van der Waals surface area contributed by atoms with Crippen LogP contribution >= 0.6 is 11.6 Å². The van der Waals surface area contributed by atoms with Gasteiger partial charge < -0.3 is 10.2 Å². The quantitative estimate of drug-likeness (QED) is 0.862. The summed E-state index contributed by atoms with van der Waals surface area (Å²) in [6, 6.07) is 11.6. The highest BCUT2D eigenvalue weighted by Gasteiger charge is 2.17. The Labute approximate surface area is 154 Å². The molecule has 1 fully saturated rings. The van der Waals surface area contributed by atoms with Gasteiger partial charge in [-0.2, -0.15) is 0 Å². The Hall–Kier alpha value is -2.07. The van der Waals surface area contributed by atoms with Crippen molar-refractivity contribution in [3.8, 4) is 0 Å². The van der Waals surface area contributed by atoms with Crippen LogP contribution in [-0.2, 0) is 6.42 Å². The van der Waals surface area contributed by atoms with E-state index in [2.05, 4.69) is 16.4 Å². The van der Waals surface area contributed by atoms with Gasteiger partial charge in [-0.25, -0.2) is 4.98 Å². The number of pyridine rings is 1. The SMILES string of the molecule is O=C(c1ccc(NCCc2cccc(Cl)c2)nc1)N1CCCCCC1. The Balaban J connectivity index is 1.52. The third-order valence-electron chi connectivity index (χ3n) is 4.51. The van der Waals surface area contributed by atoms with Crippen LogP contribution in [0.15, 0.2) is 42.6 Å². The Morgan fingerprint density at radius 2 is 1.92 bits per heavy atom. The van der Waals surface area contributed by atoms with Gasteiger partial charge in [0.2, 0.25) is 0 Å². The standard InChI is InChI=1S/C20H24ClN3O/c21-18-7-5-6-16(14-18)10-11-22-19-9-8-17(15-23-19)20(25)24-12-3-1-2-4-13-24/h5-9,14-15H,1-4,10-13H2,(H,22,23). The lowest BCUT2D eigenvalue weighted by Crippen LogP contribution is -2.31. The van der Waals surface area contributed by atoms with Gasteiger partial charge >= 0.3 is 0 Å². The minimum atomic E-state index is 0.0971. The van der Waals surface area contributed by atoms with E-state index in [0.717, 1.165) is 49.7 Å². The molecule has 1 aromatic heterocycles. The smallest absolute Gasteiger partial charge is 0.255 e. The molecule has 0 radical (unpaired) electrons. The highest BCUT2D eigenvalue weighted by molar-refractivity contribution is 6.30. The molecular weight excluding hydrogens is 334 g/mol. The lowest BCUT2D eigenvalue weighted by atomic mass is 10.1. The van der Waals surface area contributed by atoms with E-state index in [4.69, 9.17) is 11.6 Å². The number of benzene rings is 1. The van der Waals surface area contributed by atoms with Crippen molar-refractivity contribution in [2.45, 2.75) is 32.1 Å². The molecule has 4 nitrogen and oxygen atoms in total. The normalized spacial score (nSPS) is 14.8. The number of carbonyl (C=O) groups is 1. The lowest BCUT2D eigenvalue weighted by molar-refractivity contribution is 0.0761. The van der Waals surface area contributed by atoms with Crippen LogP contribution in [0, 0.1) is 0 Å². The van der Waals surface area contributed by atoms with Gasteiger partial charge in [-0.05, 0) is 49.1 Å². The van der Waals surface area contributed by atoms with Crippen molar-refractivity contribution in [1.82, 2.24) is 9.88 Å². The molecule has 5 heteroatoms. The largest absolute Gasteiger partial charge is 0.370 e. The van der Waals surface area contributed by atoms with Crippen LogP contribution in [0.3, 0.4) is 0 Å². The summed E-state index contributed by atoms with van der Waals surface area (Å²) < 4.78 is 0. The molecule has 3 rings (SSSR count). The van der Waals surface area contributed by atoms with Crippen LogP contribution in [0.1, 0.15) is 41.6 Å². The second-order valence-corrected chi connectivity index (χ2v) is 6.88. The maximum Gasteiger partial charge on any atom is 0.255 e. The maximum absolute atomic E-state index is 12.5. The molecule has 1 aliphatic heterocycles. The molecule has 1 saturated heterocycles. The molecule has 0 spiro atoms. The first-order valence-electron chi connectivity index (χ1n) is 8.96. The highest BCUT2D eigenvalue weighted by Crippen LogP contribution is 2.15. The van der Waals surface area contributed by atoms with Crippen LogP contribution in [0.4, 0.5) is 5.82 Å². The minimum Gasteiger partial charge on any atom is -0.370 e. The summed E-state index contributed by atoms with van der Waals surface area (Å²) in [6.45, 7) is 2.49. The number of likely N-dealkylation sites (tertiary alicyclic amines) is 1. The molecule has 0 unspecified atom stereocenters. The van der Waals surface area contributed by atoms with Crippen molar-refractivity contribution < 1.29 is 4.79 Å². The monoisotopic (exact) mass is 357 g/mol. The summed E-state index contributed by atoms with van der Waals surface area (Å²) in [7, 11) is 0. The second-order valence-electron chi connectivity index (χ2n) is 6.45. The zero-order valence-corrected chi connectivity index (χ0v) is 15.1. The first kappa shape index (κ1) is 17.7. The Bertz CT molecular complexity index is 694. The number of nitrogens with one attached hydrogen (secondary N) is 1. The molecule has 1 amide bonds. The number of hydrogen-bond acceptors (Lipinski definition) is 3. The predicted octanol–water partition coefficient (Wildman–Crippen LogP) is 4.41. The van der Waals surface area contributed by atoms with Gasteiger partial charge in [0, 0.05) is 30.9 Å². The van der Waals surface area contributed by atoms with E-state index in [0.29, 0.717) is 5.56 Å². The molecule has 0 atom stereocenters. The molecule has 2 heterocycles. The second kappa shape index (κ2) is 8.86. The zero-order chi connectivity index (χ0) is 17.5. The lowest BCUT2D eigenvalue weighted by Gasteiger charge is -2.20. The first-order chi connectivity index (χ1) is 12.2. The van der Waals surface area contributed by atoms with E-state index >= 15 is 0 Å². The third-order valence-corrected chi connectivity index (χ3v) is 4.75. The maximum atomic E-state index is 12.5. The van der Waals surface area contributed by atoms with Gasteiger partial charge in [-0.3, -0.25) is 4.79 Å². The number of nitrogens with zero attached hydrogens (tertiary/aromatic N) is 2. The van der Waals surface area contributed by atoms with E-state index in [1.54, 1.807) is 6.20 Å². The van der Waals surface area contributed by atoms with Crippen LogP contribution in [0.2, 0.25) is 5.02 Å². The van der Waals surface area contributed by atoms with E-state index in [1.165, 1.54) is 18.4 Å². The average molecular weight is 358 g/mol. The molecule has 1 aliphatic rings. The van der Waals surface area contributed by atoms with Gasteiger partial charge in [0.25, 0.3) is 5.91 Å². The van der Waals surface area contributed by atoms with Gasteiger partial charge in [0.05, 0.1) is 5.56 Å². The average Bonchev–Trinajstić information content (AvgIpc) is 2.91. The van der Waals surface area contributed by atoms with Gasteiger partial charge in [0.15, 0.2) is 0 Å².